The Balaban J connectivity index is 1.42. The maximum absolute atomic E-state index is 13.0. The van der Waals surface area contributed by atoms with Crippen molar-refractivity contribution in [1.82, 2.24) is 4.90 Å². The summed E-state index contributed by atoms with van der Waals surface area (Å²) in [6.45, 7) is 0.705. The van der Waals surface area contributed by atoms with Crippen LogP contribution in [0.4, 0.5) is 4.79 Å². The highest BCUT2D eigenvalue weighted by Crippen LogP contribution is 2.30. The second-order valence-corrected chi connectivity index (χ2v) is 8.53. The van der Waals surface area contributed by atoms with E-state index in [1.54, 1.807) is 18.2 Å². The molecule has 1 amide bonds. The molecule has 0 N–H and O–H groups in total. The Hall–Kier alpha value is -4.58. The van der Waals surface area contributed by atoms with Crippen molar-refractivity contribution in [2.24, 2.45) is 0 Å². The minimum atomic E-state index is -0.569. The van der Waals surface area contributed by atoms with Crippen molar-refractivity contribution in [3.8, 4) is 11.5 Å². The van der Waals surface area contributed by atoms with E-state index >= 15 is 0 Å². The number of hydrogen-bond acceptors (Lipinski definition) is 5. The van der Waals surface area contributed by atoms with Crippen molar-refractivity contribution in [1.29, 1.82) is 0 Å². The van der Waals surface area contributed by atoms with E-state index in [9.17, 15) is 9.59 Å². The molecular formula is C31H29NO5. The minimum absolute atomic E-state index is 0.129. The van der Waals surface area contributed by atoms with Crippen LogP contribution >= 0.6 is 0 Å². The summed E-state index contributed by atoms with van der Waals surface area (Å²) in [7, 11) is 1.54. The summed E-state index contributed by atoms with van der Waals surface area (Å²) >= 11 is 0. The first-order valence-electron chi connectivity index (χ1n) is 12.0. The van der Waals surface area contributed by atoms with Crippen molar-refractivity contribution in [3.63, 3.8) is 0 Å². The van der Waals surface area contributed by atoms with Gasteiger partial charge < -0.3 is 19.1 Å². The average molecular weight is 496 g/mol. The summed E-state index contributed by atoms with van der Waals surface area (Å²) in [5, 5.41) is 0. The third-order valence-corrected chi connectivity index (χ3v) is 5.64. The maximum Gasteiger partial charge on any atom is 0.410 e. The Bertz CT molecular complexity index is 1290. The Kier molecular flexibility index (Phi) is 8.92. The van der Waals surface area contributed by atoms with Crippen molar-refractivity contribution < 1.29 is 23.8 Å². The predicted molar refractivity (Wildman–Crippen MR) is 142 cm³/mol. The number of rotatable bonds is 11. The fourth-order valence-corrected chi connectivity index (χ4v) is 3.58. The molecule has 0 atom stereocenters. The van der Waals surface area contributed by atoms with E-state index in [2.05, 4.69) is 0 Å². The molecule has 0 aliphatic carbocycles. The van der Waals surface area contributed by atoms with Gasteiger partial charge in [0.1, 0.15) is 19.8 Å². The van der Waals surface area contributed by atoms with Crippen LogP contribution in [0.5, 0.6) is 11.5 Å². The lowest BCUT2D eigenvalue weighted by Gasteiger charge is -2.17. The van der Waals surface area contributed by atoms with Gasteiger partial charge in [0.15, 0.2) is 17.3 Å². The number of carbonyl (C=O) groups is 2. The van der Waals surface area contributed by atoms with Gasteiger partial charge in [0.2, 0.25) is 0 Å². The van der Waals surface area contributed by atoms with Crippen molar-refractivity contribution in [2.75, 3.05) is 13.6 Å². The topological polar surface area (TPSA) is 65.1 Å². The smallest absolute Gasteiger partial charge is 0.410 e. The zero-order chi connectivity index (χ0) is 25.9. The third kappa shape index (κ3) is 7.70. The number of likely N-dealkylation sites (N-methyl/N-ethyl adjacent to an activating group) is 1. The van der Waals surface area contributed by atoms with Gasteiger partial charge in [0.25, 0.3) is 0 Å². The second-order valence-electron chi connectivity index (χ2n) is 8.53. The molecule has 4 aromatic rings. The number of Topliss-reactive ketones (excluding diaryl/α,β-unsaturated/α-hetero) is 1. The number of amides is 1. The van der Waals surface area contributed by atoms with E-state index in [0.717, 1.165) is 16.7 Å². The van der Waals surface area contributed by atoms with Crippen LogP contribution in [0.2, 0.25) is 0 Å². The second kappa shape index (κ2) is 12.9. The monoisotopic (exact) mass is 495 g/mol. The summed E-state index contributed by atoms with van der Waals surface area (Å²) < 4.78 is 17.4. The van der Waals surface area contributed by atoms with Crippen LogP contribution < -0.4 is 9.47 Å². The lowest BCUT2D eigenvalue weighted by molar-refractivity contribution is 0.0849. The third-order valence-electron chi connectivity index (χ3n) is 5.64. The van der Waals surface area contributed by atoms with Crippen LogP contribution in [0.1, 0.15) is 27.0 Å². The summed E-state index contributed by atoms with van der Waals surface area (Å²) in [6, 6.07) is 34.0. The number of benzene rings is 4. The molecule has 0 aromatic heterocycles. The summed E-state index contributed by atoms with van der Waals surface area (Å²) in [5.41, 5.74) is 3.31. The molecule has 0 aliphatic heterocycles. The average Bonchev–Trinajstić information content (AvgIpc) is 2.95. The fourth-order valence-electron chi connectivity index (χ4n) is 3.58. The molecule has 4 aromatic carbocycles. The van der Waals surface area contributed by atoms with E-state index in [0.29, 0.717) is 30.3 Å². The minimum Gasteiger partial charge on any atom is -0.485 e. The molecule has 0 unspecified atom stereocenters. The van der Waals surface area contributed by atoms with Gasteiger partial charge in [0.05, 0.1) is 6.54 Å². The lowest BCUT2D eigenvalue weighted by atomic mass is 10.1. The van der Waals surface area contributed by atoms with Crippen LogP contribution in [0.25, 0.3) is 0 Å². The van der Waals surface area contributed by atoms with Crippen LogP contribution in [0.3, 0.4) is 0 Å². The van der Waals surface area contributed by atoms with Crippen LogP contribution in [-0.4, -0.2) is 30.4 Å². The quantitative estimate of drug-likeness (QED) is 0.229. The summed E-state index contributed by atoms with van der Waals surface area (Å²) in [5.74, 6) is 0.755. The SMILES string of the molecule is CN(CC(=O)c1ccc(OCc2ccccc2)c(OCc2ccccc2)c1)C(=O)OCc1ccccc1. The molecule has 0 heterocycles. The molecule has 6 nitrogen and oxygen atoms in total. The van der Waals surface area contributed by atoms with Gasteiger partial charge in [-0.25, -0.2) is 4.79 Å². The van der Waals surface area contributed by atoms with E-state index < -0.39 is 6.09 Å². The van der Waals surface area contributed by atoms with Gasteiger partial charge in [-0.15, -0.1) is 0 Å². The molecule has 0 radical (unpaired) electrons. The van der Waals surface area contributed by atoms with Gasteiger partial charge in [-0.05, 0) is 34.9 Å². The molecule has 0 saturated carbocycles. The number of ether oxygens (including phenoxy) is 3. The molecule has 0 spiro atoms. The zero-order valence-corrected chi connectivity index (χ0v) is 20.7. The van der Waals surface area contributed by atoms with Crippen LogP contribution in [0.15, 0.2) is 109 Å². The van der Waals surface area contributed by atoms with Crippen LogP contribution in [0, 0.1) is 0 Å². The van der Waals surface area contributed by atoms with Crippen molar-refractivity contribution >= 4 is 11.9 Å². The van der Waals surface area contributed by atoms with E-state index in [1.165, 1.54) is 11.9 Å². The van der Waals surface area contributed by atoms with Gasteiger partial charge in [-0.2, -0.15) is 0 Å². The first-order valence-corrected chi connectivity index (χ1v) is 12.0. The predicted octanol–water partition coefficient (Wildman–Crippen LogP) is 6.30. The van der Waals surface area contributed by atoms with Gasteiger partial charge in [0, 0.05) is 12.6 Å². The molecule has 37 heavy (non-hydrogen) atoms. The number of carbonyl (C=O) groups excluding carboxylic acids is 2. The summed E-state index contributed by atoms with van der Waals surface area (Å²) in [4.78, 5) is 26.7. The molecule has 4 rings (SSSR count). The molecule has 0 fully saturated rings. The van der Waals surface area contributed by atoms with Crippen molar-refractivity contribution in [3.05, 3.63) is 131 Å². The lowest BCUT2D eigenvalue weighted by Crippen LogP contribution is -2.32. The highest BCUT2D eigenvalue weighted by atomic mass is 16.6. The molecule has 0 aliphatic rings. The van der Waals surface area contributed by atoms with Gasteiger partial charge >= 0.3 is 6.09 Å². The fraction of sp³-hybridized carbons (Fsp3) is 0.161. The Morgan fingerprint density at radius 3 is 1.65 bits per heavy atom. The van der Waals surface area contributed by atoms with E-state index in [1.807, 2.05) is 91.0 Å². The molecule has 6 heteroatoms. The number of ketones is 1. The Labute approximate surface area is 217 Å². The number of nitrogens with zero attached hydrogens (tertiary/aromatic N) is 1. The first kappa shape index (κ1) is 25.5. The molecule has 188 valence electrons. The van der Waals surface area contributed by atoms with Gasteiger partial charge in [-0.3, -0.25) is 4.79 Å². The molecular weight excluding hydrogens is 466 g/mol. The zero-order valence-electron chi connectivity index (χ0n) is 20.7. The normalized spacial score (nSPS) is 10.4. The largest absolute Gasteiger partial charge is 0.485 e. The van der Waals surface area contributed by atoms with E-state index in [4.69, 9.17) is 14.2 Å². The maximum atomic E-state index is 13.0. The first-order chi connectivity index (χ1) is 18.1. The summed E-state index contributed by atoms with van der Waals surface area (Å²) in [6.07, 6.45) is -0.569. The molecule has 0 saturated heterocycles. The highest BCUT2D eigenvalue weighted by Gasteiger charge is 2.18. The van der Waals surface area contributed by atoms with Crippen molar-refractivity contribution in [2.45, 2.75) is 19.8 Å². The van der Waals surface area contributed by atoms with Gasteiger partial charge in [-0.1, -0.05) is 91.0 Å². The Morgan fingerprint density at radius 1 is 0.622 bits per heavy atom. The highest BCUT2D eigenvalue weighted by molar-refractivity contribution is 5.99. The Morgan fingerprint density at radius 2 is 1.11 bits per heavy atom. The standard InChI is InChI=1S/C31H29NO5/c1-32(31(34)37-23-26-15-9-4-10-16-26)20-28(33)27-17-18-29(35-21-24-11-5-2-6-12-24)30(19-27)36-22-25-13-7-3-8-14-25/h2-19H,20-23H2,1H3. The molecule has 0 bridgehead atoms. The van der Waals surface area contributed by atoms with Crippen LogP contribution in [-0.2, 0) is 24.6 Å². The number of hydrogen-bond donors (Lipinski definition) is 0. The van der Waals surface area contributed by atoms with E-state index in [-0.39, 0.29) is 18.9 Å².